The Labute approximate surface area is 112 Å². The van der Waals surface area contributed by atoms with Crippen LogP contribution in [0.15, 0.2) is 18.2 Å². The second kappa shape index (κ2) is 6.24. The van der Waals surface area contributed by atoms with E-state index in [1.54, 1.807) is 31.1 Å². The largest absolute Gasteiger partial charge is 0.340 e. The summed E-state index contributed by atoms with van der Waals surface area (Å²) in [6.07, 6.45) is 0. The van der Waals surface area contributed by atoms with Crippen LogP contribution >= 0.6 is 23.2 Å². The second-order valence-electron chi connectivity index (χ2n) is 3.94. The third kappa shape index (κ3) is 3.87. The number of hydrogen-bond donors (Lipinski definition) is 1. The lowest BCUT2D eigenvalue weighted by atomic mass is 10.2. The van der Waals surface area contributed by atoms with Gasteiger partial charge in [-0.15, -0.1) is 0 Å². The van der Waals surface area contributed by atoms with Crippen molar-refractivity contribution in [3.63, 3.8) is 0 Å². The number of nitrogens with zero attached hydrogens (tertiary/aromatic N) is 1. The summed E-state index contributed by atoms with van der Waals surface area (Å²) in [5.41, 5.74) is 0.884. The maximum absolute atomic E-state index is 11.9. The average molecular weight is 275 g/mol. The topological polar surface area (TPSA) is 32.3 Å². The summed E-state index contributed by atoms with van der Waals surface area (Å²) < 4.78 is 0. The van der Waals surface area contributed by atoms with Crippen molar-refractivity contribution >= 4 is 29.1 Å². The van der Waals surface area contributed by atoms with E-state index < -0.39 is 0 Å². The zero-order valence-corrected chi connectivity index (χ0v) is 11.6. The fourth-order valence-corrected chi connectivity index (χ4v) is 1.91. The molecule has 17 heavy (non-hydrogen) atoms. The molecule has 0 aliphatic heterocycles. The van der Waals surface area contributed by atoms with Gasteiger partial charge in [0.25, 0.3) is 0 Å². The molecule has 1 rings (SSSR count). The second-order valence-corrected chi connectivity index (χ2v) is 4.78. The molecule has 0 fully saturated rings. The Bertz CT molecular complexity index is 409. The van der Waals surface area contributed by atoms with Crippen molar-refractivity contribution in [1.82, 2.24) is 10.2 Å². The Hall–Kier alpha value is -0.770. The number of carbonyl (C=O) groups is 1. The molecule has 3 nitrogen and oxygen atoms in total. The Morgan fingerprint density at radius 2 is 2.12 bits per heavy atom. The van der Waals surface area contributed by atoms with Crippen molar-refractivity contribution in [2.75, 3.05) is 14.1 Å². The van der Waals surface area contributed by atoms with Crippen LogP contribution in [0.5, 0.6) is 0 Å². The first kappa shape index (κ1) is 14.3. The number of nitrogens with one attached hydrogen (secondary N) is 1. The van der Waals surface area contributed by atoms with E-state index >= 15 is 0 Å². The summed E-state index contributed by atoms with van der Waals surface area (Å²) in [5.74, 6) is 0.0264. The van der Waals surface area contributed by atoms with Crippen molar-refractivity contribution < 1.29 is 4.79 Å². The summed E-state index contributed by atoms with van der Waals surface area (Å²) in [6, 6.07) is 5.07. The van der Waals surface area contributed by atoms with Crippen LogP contribution in [-0.4, -0.2) is 30.9 Å². The molecule has 0 bridgehead atoms. The van der Waals surface area contributed by atoms with E-state index in [9.17, 15) is 4.79 Å². The van der Waals surface area contributed by atoms with Crippen molar-refractivity contribution in [3.8, 4) is 0 Å². The molecule has 0 saturated carbocycles. The molecular weight excluding hydrogens is 259 g/mol. The molecule has 5 heteroatoms. The predicted octanol–water partition coefficient (Wildman–Crippen LogP) is 2.56. The lowest BCUT2D eigenvalue weighted by Gasteiger charge is -2.21. The van der Waals surface area contributed by atoms with Crippen molar-refractivity contribution in [3.05, 3.63) is 33.8 Å². The molecule has 0 aliphatic carbocycles. The highest BCUT2D eigenvalue weighted by atomic mass is 35.5. The quantitative estimate of drug-likeness (QED) is 0.916. The van der Waals surface area contributed by atoms with Gasteiger partial charge in [-0.1, -0.05) is 29.3 Å². The van der Waals surface area contributed by atoms with Gasteiger partial charge in [-0.05, 0) is 31.7 Å². The molecule has 0 aromatic heterocycles. The molecule has 1 amide bonds. The van der Waals surface area contributed by atoms with Crippen LogP contribution in [0.4, 0.5) is 0 Å². The third-order valence-electron chi connectivity index (χ3n) is 2.60. The monoisotopic (exact) mass is 274 g/mol. The van der Waals surface area contributed by atoms with Crippen molar-refractivity contribution in [1.29, 1.82) is 0 Å². The minimum absolute atomic E-state index is 0.0264. The van der Waals surface area contributed by atoms with Crippen LogP contribution in [-0.2, 0) is 11.3 Å². The fourth-order valence-electron chi connectivity index (χ4n) is 1.44. The molecule has 1 unspecified atom stereocenters. The highest BCUT2D eigenvalue weighted by Gasteiger charge is 2.16. The molecule has 0 radical (unpaired) electrons. The number of benzene rings is 1. The highest BCUT2D eigenvalue weighted by Crippen LogP contribution is 2.22. The summed E-state index contributed by atoms with van der Waals surface area (Å²) in [6.45, 7) is 2.29. The molecule has 0 spiro atoms. The van der Waals surface area contributed by atoms with Gasteiger partial charge < -0.3 is 10.2 Å². The molecule has 1 aromatic carbocycles. The summed E-state index contributed by atoms with van der Waals surface area (Å²) in [7, 11) is 3.51. The average Bonchev–Trinajstić information content (AvgIpc) is 2.30. The lowest BCUT2D eigenvalue weighted by molar-refractivity contribution is -0.132. The SMILES string of the molecule is CNC(C)C(=O)N(C)Cc1ccc(Cl)cc1Cl. The van der Waals surface area contributed by atoms with Crippen molar-refractivity contribution in [2.45, 2.75) is 19.5 Å². The van der Waals surface area contributed by atoms with E-state index in [4.69, 9.17) is 23.2 Å². The third-order valence-corrected chi connectivity index (χ3v) is 3.19. The number of amides is 1. The molecule has 0 heterocycles. The number of hydrogen-bond acceptors (Lipinski definition) is 2. The minimum atomic E-state index is -0.203. The lowest BCUT2D eigenvalue weighted by Crippen LogP contribution is -2.41. The number of likely N-dealkylation sites (N-methyl/N-ethyl adjacent to an activating group) is 2. The highest BCUT2D eigenvalue weighted by molar-refractivity contribution is 6.35. The van der Waals surface area contributed by atoms with Crippen LogP contribution in [0.2, 0.25) is 10.0 Å². The molecule has 1 N–H and O–H groups in total. The van der Waals surface area contributed by atoms with Gasteiger partial charge in [-0.3, -0.25) is 4.79 Å². The van der Waals surface area contributed by atoms with E-state index in [2.05, 4.69) is 5.32 Å². The van der Waals surface area contributed by atoms with Gasteiger partial charge in [-0.25, -0.2) is 0 Å². The molecule has 0 saturated heterocycles. The van der Waals surface area contributed by atoms with E-state index in [1.807, 2.05) is 13.0 Å². The number of rotatable bonds is 4. The van der Waals surface area contributed by atoms with Crippen LogP contribution in [0.3, 0.4) is 0 Å². The van der Waals surface area contributed by atoms with Crippen LogP contribution in [0.1, 0.15) is 12.5 Å². The molecule has 1 atom stereocenters. The Kier molecular flexibility index (Phi) is 5.25. The first-order chi connectivity index (χ1) is 7.95. The smallest absolute Gasteiger partial charge is 0.239 e. The molecule has 0 aliphatic rings. The van der Waals surface area contributed by atoms with Crippen LogP contribution in [0, 0.1) is 0 Å². The molecular formula is C12H16Cl2N2O. The Morgan fingerprint density at radius 3 is 2.65 bits per heavy atom. The Balaban J connectivity index is 2.74. The minimum Gasteiger partial charge on any atom is -0.340 e. The summed E-state index contributed by atoms with van der Waals surface area (Å²) >= 11 is 11.9. The Morgan fingerprint density at radius 1 is 1.47 bits per heavy atom. The van der Waals surface area contributed by atoms with E-state index in [0.29, 0.717) is 16.6 Å². The number of halogens is 2. The van der Waals surface area contributed by atoms with Crippen LogP contribution in [0.25, 0.3) is 0 Å². The van der Waals surface area contributed by atoms with Gasteiger partial charge in [0, 0.05) is 23.6 Å². The fraction of sp³-hybridized carbons (Fsp3) is 0.417. The van der Waals surface area contributed by atoms with Gasteiger partial charge in [0.1, 0.15) is 0 Å². The summed E-state index contributed by atoms with van der Waals surface area (Å²) in [4.78, 5) is 13.5. The zero-order chi connectivity index (χ0) is 13.0. The maximum atomic E-state index is 11.9. The molecule has 1 aromatic rings. The zero-order valence-electron chi connectivity index (χ0n) is 10.1. The van der Waals surface area contributed by atoms with Gasteiger partial charge in [0.15, 0.2) is 0 Å². The van der Waals surface area contributed by atoms with Gasteiger partial charge in [0.05, 0.1) is 6.04 Å². The first-order valence-electron chi connectivity index (χ1n) is 5.32. The standard InChI is InChI=1S/C12H16Cl2N2O/c1-8(15-2)12(17)16(3)7-9-4-5-10(13)6-11(9)14/h4-6,8,15H,7H2,1-3H3. The molecule has 94 valence electrons. The van der Waals surface area contributed by atoms with Gasteiger partial charge >= 0.3 is 0 Å². The summed E-state index contributed by atoms with van der Waals surface area (Å²) in [5, 5.41) is 4.08. The van der Waals surface area contributed by atoms with E-state index in [1.165, 1.54) is 0 Å². The van der Waals surface area contributed by atoms with E-state index in [0.717, 1.165) is 5.56 Å². The van der Waals surface area contributed by atoms with Crippen molar-refractivity contribution in [2.24, 2.45) is 0 Å². The van der Waals surface area contributed by atoms with Crippen LogP contribution < -0.4 is 5.32 Å². The van der Waals surface area contributed by atoms with E-state index in [-0.39, 0.29) is 11.9 Å². The normalized spacial score (nSPS) is 12.3. The predicted molar refractivity (Wildman–Crippen MR) is 71.5 cm³/mol. The van der Waals surface area contributed by atoms with Gasteiger partial charge in [-0.2, -0.15) is 0 Å². The first-order valence-corrected chi connectivity index (χ1v) is 6.07. The number of carbonyl (C=O) groups excluding carboxylic acids is 1. The maximum Gasteiger partial charge on any atom is 0.239 e. The van der Waals surface area contributed by atoms with Gasteiger partial charge in [0.2, 0.25) is 5.91 Å².